The van der Waals surface area contributed by atoms with E-state index in [-0.39, 0.29) is 5.91 Å². The van der Waals surface area contributed by atoms with E-state index in [4.69, 9.17) is 0 Å². The van der Waals surface area contributed by atoms with Gasteiger partial charge in [-0.15, -0.1) is 0 Å². The molecule has 0 saturated heterocycles. The van der Waals surface area contributed by atoms with Gasteiger partial charge in [-0.3, -0.25) is 4.79 Å². The first-order chi connectivity index (χ1) is 6.88. The lowest BCUT2D eigenvalue weighted by atomic mass is 10.1. The molecule has 15 heavy (non-hydrogen) atoms. The van der Waals surface area contributed by atoms with Crippen LogP contribution in [-0.2, 0) is 4.79 Å². The van der Waals surface area contributed by atoms with Crippen LogP contribution in [-0.4, -0.2) is 48.2 Å². The summed E-state index contributed by atoms with van der Waals surface area (Å²) in [5.74, 6) is 0.829. The Morgan fingerprint density at radius 1 is 1.53 bits per heavy atom. The predicted molar refractivity (Wildman–Crippen MR) is 59.5 cm³/mol. The maximum absolute atomic E-state index is 11.6. The van der Waals surface area contributed by atoms with E-state index in [0.717, 1.165) is 12.5 Å². The van der Waals surface area contributed by atoms with Crippen molar-refractivity contribution in [2.75, 3.05) is 26.7 Å². The van der Waals surface area contributed by atoms with Crippen LogP contribution in [0, 0.1) is 5.92 Å². The molecule has 0 aromatic carbocycles. The van der Waals surface area contributed by atoms with Crippen LogP contribution < -0.4 is 5.32 Å². The smallest absolute Gasteiger partial charge is 0.236 e. The third-order valence-electron chi connectivity index (χ3n) is 2.46. The van der Waals surface area contributed by atoms with Crippen molar-refractivity contribution in [3.63, 3.8) is 0 Å². The fourth-order valence-corrected chi connectivity index (χ4v) is 1.51. The number of nitrogens with one attached hydrogen (secondary N) is 1. The normalized spacial score (nSPS) is 16.5. The van der Waals surface area contributed by atoms with Crippen LogP contribution >= 0.6 is 0 Å². The quantitative estimate of drug-likeness (QED) is 0.665. The van der Waals surface area contributed by atoms with Crippen LogP contribution in [0.15, 0.2) is 0 Å². The van der Waals surface area contributed by atoms with Crippen molar-refractivity contribution in [3.8, 4) is 0 Å². The summed E-state index contributed by atoms with van der Waals surface area (Å²) in [5.41, 5.74) is -0.819. The maximum atomic E-state index is 11.6. The highest BCUT2D eigenvalue weighted by atomic mass is 16.3. The van der Waals surface area contributed by atoms with Crippen LogP contribution in [0.5, 0.6) is 0 Å². The summed E-state index contributed by atoms with van der Waals surface area (Å²) in [4.78, 5) is 13.1. The topological polar surface area (TPSA) is 52.6 Å². The molecule has 1 amide bonds. The second kappa shape index (κ2) is 4.94. The van der Waals surface area contributed by atoms with Crippen LogP contribution in [0.2, 0.25) is 0 Å². The zero-order valence-electron chi connectivity index (χ0n) is 9.92. The minimum atomic E-state index is -0.819. The van der Waals surface area contributed by atoms with Crippen LogP contribution in [0.4, 0.5) is 0 Å². The SMILES string of the molecule is CN(CC(C)(C)O)C(=O)CNCC1CC1. The molecule has 88 valence electrons. The number of likely N-dealkylation sites (N-methyl/N-ethyl adjacent to an activating group) is 1. The van der Waals surface area contributed by atoms with Gasteiger partial charge in [0.1, 0.15) is 0 Å². The van der Waals surface area contributed by atoms with Gasteiger partial charge in [-0.1, -0.05) is 0 Å². The standard InChI is InChI=1S/C11H22N2O2/c1-11(2,15)8-13(3)10(14)7-12-6-9-4-5-9/h9,12,15H,4-8H2,1-3H3. The van der Waals surface area contributed by atoms with Crippen molar-refractivity contribution in [1.82, 2.24) is 10.2 Å². The first-order valence-electron chi connectivity index (χ1n) is 5.55. The molecule has 0 heterocycles. The van der Waals surface area contributed by atoms with Gasteiger partial charge in [0.25, 0.3) is 0 Å². The first kappa shape index (κ1) is 12.5. The molecule has 1 rings (SSSR count). The molecule has 4 heteroatoms. The Bertz CT molecular complexity index is 219. The van der Waals surface area contributed by atoms with Gasteiger partial charge < -0.3 is 15.3 Å². The predicted octanol–water partition coefficient (Wildman–Crippen LogP) is 0.215. The Balaban J connectivity index is 2.13. The first-order valence-corrected chi connectivity index (χ1v) is 5.55. The van der Waals surface area contributed by atoms with Gasteiger partial charge >= 0.3 is 0 Å². The molecule has 0 unspecified atom stereocenters. The lowest BCUT2D eigenvalue weighted by Gasteiger charge is -2.25. The van der Waals surface area contributed by atoms with Crippen LogP contribution in [0.3, 0.4) is 0 Å². The van der Waals surface area contributed by atoms with E-state index in [9.17, 15) is 9.90 Å². The summed E-state index contributed by atoms with van der Waals surface area (Å²) < 4.78 is 0. The van der Waals surface area contributed by atoms with E-state index in [1.807, 2.05) is 0 Å². The summed E-state index contributed by atoms with van der Waals surface area (Å²) in [6.45, 7) is 5.10. The van der Waals surface area contributed by atoms with E-state index in [1.54, 1.807) is 25.8 Å². The zero-order chi connectivity index (χ0) is 11.5. The largest absolute Gasteiger partial charge is 0.389 e. The lowest BCUT2D eigenvalue weighted by Crippen LogP contribution is -2.43. The minimum Gasteiger partial charge on any atom is -0.389 e. The second-order valence-electron chi connectivity index (χ2n) is 5.14. The molecular weight excluding hydrogens is 192 g/mol. The number of hydrogen-bond donors (Lipinski definition) is 2. The monoisotopic (exact) mass is 214 g/mol. The number of rotatable bonds is 6. The van der Waals surface area contributed by atoms with Crippen LogP contribution in [0.1, 0.15) is 26.7 Å². The zero-order valence-corrected chi connectivity index (χ0v) is 9.92. The van der Waals surface area contributed by atoms with Crippen molar-refractivity contribution in [2.24, 2.45) is 5.92 Å². The fourth-order valence-electron chi connectivity index (χ4n) is 1.51. The van der Waals surface area contributed by atoms with Gasteiger partial charge in [0, 0.05) is 13.6 Å². The highest BCUT2D eigenvalue weighted by Gasteiger charge is 2.22. The van der Waals surface area contributed by atoms with E-state index in [1.165, 1.54) is 12.8 Å². The molecule has 0 aromatic rings. The Morgan fingerprint density at radius 2 is 2.13 bits per heavy atom. The molecule has 1 saturated carbocycles. The van der Waals surface area contributed by atoms with Gasteiger partial charge in [0.05, 0.1) is 12.1 Å². The van der Waals surface area contributed by atoms with Crippen LogP contribution in [0.25, 0.3) is 0 Å². The molecule has 1 aliphatic carbocycles. The summed E-state index contributed by atoms with van der Waals surface area (Å²) in [6.07, 6.45) is 2.58. The van der Waals surface area contributed by atoms with Crippen molar-refractivity contribution in [2.45, 2.75) is 32.3 Å². The fraction of sp³-hybridized carbons (Fsp3) is 0.909. The summed E-state index contributed by atoms with van der Waals surface area (Å²) in [6, 6.07) is 0. The molecule has 0 aromatic heterocycles. The Morgan fingerprint density at radius 3 is 2.60 bits per heavy atom. The molecule has 0 aliphatic heterocycles. The molecule has 4 nitrogen and oxygen atoms in total. The molecule has 2 N–H and O–H groups in total. The lowest BCUT2D eigenvalue weighted by molar-refractivity contribution is -0.131. The average molecular weight is 214 g/mol. The summed E-state index contributed by atoms with van der Waals surface area (Å²) >= 11 is 0. The van der Waals surface area contributed by atoms with Crippen molar-refractivity contribution >= 4 is 5.91 Å². The van der Waals surface area contributed by atoms with E-state index in [2.05, 4.69) is 5.32 Å². The molecule has 0 spiro atoms. The minimum absolute atomic E-state index is 0.0396. The molecular formula is C11H22N2O2. The Kier molecular flexibility index (Phi) is 4.11. The van der Waals surface area contributed by atoms with Gasteiger partial charge in [0.2, 0.25) is 5.91 Å². The van der Waals surface area contributed by atoms with Gasteiger partial charge in [-0.25, -0.2) is 0 Å². The van der Waals surface area contributed by atoms with E-state index < -0.39 is 5.60 Å². The van der Waals surface area contributed by atoms with Crippen molar-refractivity contribution in [1.29, 1.82) is 0 Å². The van der Waals surface area contributed by atoms with Gasteiger partial charge in [-0.2, -0.15) is 0 Å². The van der Waals surface area contributed by atoms with Gasteiger partial charge in [0.15, 0.2) is 0 Å². The molecule has 0 radical (unpaired) electrons. The number of aliphatic hydroxyl groups is 1. The molecule has 0 atom stereocenters. The number of amides is 1. The third kappa shape index (κ3) is 5.74. The Hall–Kier alpha value is -0.610. The Labute approximate surface area is 91.6 Å². The summed E-state index contributed by atoms with van der Waals surface area (Å²) in [7, 11) is 1.72. The van der Waals surface area contributed by atoms with Gasteiger partial charge in [-0.05, 0) is 39.2 Å². The molecule has 1 aliphatic rings. The highest BCUT2D eigenvalue weighted by Crippen LogP contribution is 2.27. The number of hydrogen-bond acceptors (Lipinski definition) is 3. The van der Waals surface area contributed by atoms with Crippen molar-refractivity contribution < 1.29 is 9.90 Å². The number of carbonyl (C=O) groups excluding carboxylic acids is 1. The van der Waals surface area contributed by atoms with E-state index >= 15 is 0 Å². The molecule has 1 fully saturated rings. The molecule has 0 bridgehead atoms. The third-order valence-corrected chi connectivity index (χ3v) is 2.46. The number of nitrogens with zero attached hydrogens (tertiary/aromatic N) is 1. The second-order valence-corrected chi connectivity index (χ2v) is 5.14. The highest BCUT2D eigenvalue weighted by molar-refractivity contribution is 5.78. The number of carbonyl (C=O) groups is 1. The van der Waals surface area contributed by atoms with E-state index in [0.29, 0.717) is 13.1 Å². The average Bonchev–Trinajstić information content (AvgIpc) is 2.84. The maximum Gasteiger partial charge on any atom is 0.236 e. The van der Waals surface area contributed by atoms with Crippen molar-refractivity contribution in [3.05, 3.63) is 0 Å². The summed E-state index contributed by atoms with van der Waals surface area (Å²) in [5, 5.41) is 12.7.